The smallest absolute Gasteiger partial charge is 0.122 e. The van der Waals surface area contributed by atoms with Gasteiger partial charge in [-0.25, -0.2) is 0 Å². The summed E-state index contributed by atoms with van der Waals surface area (Å²) in [4.78, 5) is 0. The minimum atomic E-state index is -0.0501. The molecule has 1 unspecified atom stereocenters. The predicted molar refractivity (Wildman–Crippen MR) is 51.6 cm³/mol. The summed E-state index contributed by atoms with van der Waals surface area (Å²) in [7, 11) is 0. The SMILES string of the molecule is NCC(N)c1ccc2c(c1)CCO2. The lowest BCUT2D eigenvalue weighted by atomic mass is 10.0. The number of nitrogens with two attached hydrogens (primary N) is 2. The summed E-state index contributed by atoms with van der Waals surface area (Å²) in [6.45, 7) is 1.27. The fraction of sp³-hybridized carbons (Fsp3) is 0.400. The molecule has 3 nitrogen and oxygen atoms in total. The molecule has 0 saturated carbocycles. The van der Waals surface area contributed by atoms with Gasteiger partial charge in [0.25, 0.3) is 0 Å². The Morgan fingerprint density at radius 3 is 3.08 bits per heavy atom. The van der Waals surface area contributed by atoms with Crippen molar-refractivity contribution in [3.05, 3.63) is 29.3 Å². The molecule has 1 atom stereocenters. The van der Waals surface area contributed by atoms with Crippen LogP contribution in [-0.2, 0) is 6.42 Å². The molecule has 0 radical (unpaired) electrons. The van der Waals surface area contributed by atoms with Gasteiger partial charge in [-0.05, 0) is 17.2 Å². The zero-order valence-electron chi connectivity index (χ0n) is 7.49. The lowest BCUT2D eigenvalue weighted by Crippen LogP contribution is -2.20. The fourth-order valence-corrected chi connectivity index (χ4v) is 1.57. The summed E-state index contributed by atoms with van der Waals surface area (Å²) in [6, 6.07) is 6.01. The molecule has 0 spiro atoms. The van der Waals surface area contributed by atoms with Gasteiger partial charge in [0.05, 0.1) is 6.61 Å². The topological polar surface area (TPSA) is 61.3 Å². The van der Waals surface area contributed by atoms with Crippen molar-refractivity contribution in [2.75, 3.05) is 13.2 Å². The zero-order chi connectivity index (χ0) is 9.26. The molecular weight excluding hydrogens is 164 g/mol. The van der Waals surface area contributed by atoms with Gasteiger partial charge in [0.15, 0.2) is 0 Å². The molecule has 1 aromatic rings. The summed E-state index contributed by atoms with van der Waals surface area (Å²) in [5.41, 5.74) is 13.7. The highest BCUT2D eigenvalue weighted by molar-refractivity contribution is 5.40. The average molecular weight is 178 g/mol. The second-order valence-electron chi connectivity index (χ2n) is 3.31. The highest BCUT2D eigenvalue weighted by atomic mass is 16.5. The van der Waals surface area contributed by atoms with Crippen LogP contribution in [0.15, 0.2) is 18.2 Å². The van der Waals surface area contributed by atoms with Crippen molar-refractivity contribution in [3.63, 3.8) is 0 Å². The monoisotopic (exact) mass is 178 g/mol. The molecule has 0 fully saturated rings. The number of fused-ring (bicyclic) bond motifs is 1. The van der Waals surface area contributed by atoms with E-state index in [2.05, 4.69) is 6.07 Å². The maximum atomic E-state index is 5.82. The minimum Gasteiger partial charge on any atom is -0.493 e. The van der Waals surface area contributed by atoms with Crippen LogP contribution in [0.5, 0.6) is 5.75 Å². The van der Waals surface area contributed by atoms with Gasteiger partial charge in [0, 0.05) is 19.0 Å². The van der Waals surface area contributed by atoms with E-state index in [4.69, 9.17) is 16.2 Å². The van der Waals surface area contributed by atoms with Gasteiger partial charge < -0.3 is 16.2 Å². The highest BCUT2D eigenvalue weighted by Gasteiger charge is 2.13. The lowest BCUT2D eigenvalue weighted by Gasteiger charge is -2.09. The highest BCUT2D eigenvalue weighted by Crippen LogP contribution is 2.27. The van der Waals surface area contributed by atoms with Gasteiger partial charge in [-0.3, -0.25) is 0 Å². The Kier molecular flexibility index (Phi) is 2.20. The molecule has 3 heteroatoms. The number of hydrogen-bond acceptors (Lipinski definition) is 3. The first-order chi connectivity index (χ1) is 6.31. The fourth-order valence-electron chi connectivity index (χ4n) is 1.57. The maximum absolute atomic E-state index is 5.82. The zero-order valence-corrected chi connectivity index (χ0v) is 7.49. The van der Waals surface area contributed by atoms with Gasteiger partial charge in [-0.2, -0.15) is 0 Å². The number of benzene rings is 1. The van der Waals surface area contributed by atoms with Gasteiger partial charge in [0.2, 0.25) is 0 Å². The number of rotatable bonds is 2. The normalized spacial score (nSPS) is 16.5. The molecule has 0 amide bonds. The van der Waals surface area contributed by atoms with E-state index in [0.717, 1.165) is 24.3 Å². The largest absolute Gasteiger partial charge is 0.493 e. The van der Waals surface area contributed by atoms with Crippen molar-refractivity contribution in [1.29, 1.82) is 0 Å². The van der Waals surface area contributed by atoms with Crippen LogP contribution in [0.3, 0.4) is 0 Å². The molecule has 1 aromatic carbocycles. The van der Waals surface area contributed by atoms with Crippen LogP contribution in [0.1, 0.15) is 17.2 Å². The van der Waals surface area contributed by atoms with Crippen LogP contribution in [0.25, 0.3) is 0 Å². The summed E-state index contributed by atoms with van der Waals surface area (Å²) >= 11 is 0. The van der Waals surface area contributed by atoms with E-state index < -0.39 is 0 Å². The van der Waals surface area contributed by atoms with Gasteiger partial charge in [0.1, 0.15) is 5.75 Å². The third-order valence-electron chi connectivity index (χ3n) is 2.40. The quantitative estimate of drug-likeness (QED) is 0.696. The molecule has 1 heterocycles. The van der Waals surface area contributed by atoms with Crippen LogP contribution in [-0.4, -0.2) is 13.2 Å². The van der Waals surface area contributed by atoms with E-state index in [9.17, 15) is 0 Å². The Labute approximate surface area is 77.7 Å². The second-order valence-corrected chi connectivity index (χ2v) is 3.31. The van der Waals surface area contributed by atoms with Crippen LogP contribution in [0.2, 0.25) is 0 Å². The molecule has 1 aliphatic heterocycles. The van der Waals surface area contributed by atoms with E-state index in [1.807, 2.05) is 12.1 Å². The first-order valence-corrected chi connectivity index (χ1v) is 4.52. The van der Waals surface area contributed by atoms with Gasteiger partial charge in [-0.15, -0.1) is 0 Å². The van der Waals surface area contributed by atoms with Crippen molar-refractivity contribution in [2.24, 2.45) is 11.5 Å². The van der Waals surface area contributed by atoms with Crippen molar-refractivity contribution in [3.8, 4) is 5.75 Å². The van der Waals surface area contributed by atoms with E-state index in [1.165, 1.54) is 5.56 Å². The lowest BCUT2D eigenvalue weighted by molar-refractivity contribution is 0.357. The van der Waals surface area contributed by atoms with E-state index in [-0.39, 0.29) is 6.04 Å². The summed E-state index contributed by atoms with van der Waals surface area (Å²) in [5.74, 6) is 0.993. The molecule has 1 aliphatic rings. The van der Waals surface area contributed by atoms with Crippen molar-refractivity contribution < 1.29 is 4.74 Å². The standard InChI is InChI=1S/C10H14N2O/c11-6-9(12)7-1-2-10-8(5-7)3-4-13-10/h1-2,5,9H,3-4,6,11-12H2. The molecule has 2 rings (SSSR count). The Morgan fingerprint density at radius 1 is 1.46 bits per heavy atom. The average Bonchev–Trinajstić information content (AvgIpc) is 2.63. The molecule has 0 bridgehead atoms. The summed E-state index contributed by atoms with van der Waals surface area (Å²) in [5, 5.41) is 0. The van der Waals surface area contributed by atoms with Crippen LogP contribution < -0.4 is 16.2 Å². The molecule has 0 aromatic heterocycles. The first-order valence-electron chi connectivity index (χ1n) is 4.52. The Bertz CT molecular complexity index is 312. The molecule has 0 aliphatic carbocycles. The Hall–Kier alpha value is -1.06. The molecule has 0 saturated heterocycles. The second kappa shape index (κ2) is 3.36. The molecule has 70 valence electrons. The molecular formula is C10H14N2O. The van der Waals surface area contributed by atoms with Gasteiger partial charge in [-0.1, -0.05) is 12.1 Å². The summed E-state index contributed by atoms with van der Waals surface area (Å²) in [6.07, 6.45) is 0.987. The van der Waals surface area contributed by atoms with Crippen molar-refractivity contribution in [2.45, 2.75) is 12.5 Å². The molecule has 13 heavy (non-hydrogen) atoms. The Balaban J connectivity index is 2.30. The van der Waals surface area contributed by atoms with Crippen molar-refractivity contribution in [1.82, 2.24) is 0 Å². The van der Waals surface area contributed by atoms with E-state index in [1.54, 1.807) is 0 Å². The number of hydrogen-bond donors (Lipinski definition) is 2. The predicted octanol–water partition coefficient (Wildman–Crippen LogP) is 0.580. The third-order valence-corrected chi connectivity index (χ3v) is 2.40. The van der Waals surface area contributed by atoms with Crippen LogP contribution in [0, 0.1) is 0 Å². The maximum Gasteiger partial charge on any atom is 0.122 e. The van der Waals surface area contributed by atoms with Crippen LogP contribution >= 0.6 is 0 Å². The minimum absolute atomic E-state index is 0.0501. The number of ether oxygens (including phenoxy) is 1. The van der Waals surface area contributed by atoms with E-state index in [0.29, 0.717) is 6.54 Å². The van der Waals surface area contributed by atoms with E-state index >= 15 is 0 Å². The van der Waals surface area contributed by atoms with Crippen molar-refractivity contribution >= 4 is 0 Å². The van der Waals surface area contributed by atoms with Gasteiger partial charge >= 0.3 is 0 Å². The van der Waals surface area contributed by atoms with Crippen LogP contribution in [0.4, 0.5) is 0 Å². The third kappa shape index (κ3) is 1.53. The molecule has 4 N–H and O–H groups in total. The summed E-state index contributed by atoms with van der Waals surface area (Å²) < 4.78 is 5.39. The first kappa shape index (κ1) is 8.53. The Morgan fingerprint density at radius 2 is 2.31 bits per heavy atom.